The Morgan fingerprint density at radius 3 is 2.77 bits per heavy atom. The fraction of sp³-hybridized carbons (Fsp3) is 0.429. The van der Waals surface area contributed by atoms with Gasteiger partial charge in [-0.05, 0) is 73.8 Å². The van der Waals surface area contributed by atoms with Crippen molar-refractivity contribution in [2.45, 2.75) is 44.6 Å². The number of fused-ring (bicyclic) bond motifs is 1. The van der Waals surface area contributed by atoms with Crippen LogP contribution in [0.3, 0.4) is 0 Å². The van der Waals surface area contributed by atoms with Crippen molar-refractivity contribution in [2.24, 2.45) is 16.8 Å². The largest absolute Gasteiger partial charge is 0.342 e. The molecule has 7 rings (SSSR count). The van der Waals surface area contributed by atoms with Crippen molar-refractivity contribution in [3.8, 4) is 11.1 Å². The van der Waals surface area contributed by atoms with E-state index in [1.807, 2.05) is 28.1 Å². The van der Waals surface area contributed by atoms with Gasteiger partial charge in [0.05, 0.1) is 11.7 Å². The van der Waals surface area contributed by atoms with Crippen LogP contribution in [0.4, 0.5) is 0 Å². The summed E-state index contributed by atoms with van der Waals surface area (Å²) < 4.78 is 0. The second-order valence-corrected chi connectivity index (χ2v) is 10.8. The molecular formula is C28H29N5O2. The molecule has 2 saturated carbocycles. The molecule has 2 aromatic carbocycles. The summed E-state index contributed by atoms with van der Waals surface area (Å²) in [6.45, 7) is 4.33. The van der Waals surface area contributed by atoms with Gasteiger partial charge in [-0.1, -0.05) is 24.3 Å². The molecular weight excluding hydrogens is 438 g/mol. The molecule has 4 aliphatic rings. The number of amides is 2. The summed E-state index contributed by atoms with van der Waals surface area (Å²) in [5.74, 6) is 1.81. The molecule has 2 aliphatic heterocycles. The standard InChI is InChI=1S/C28H29N5O2/c1-17-13-20(7-8-21(17)22-3-2-4-24-23(22)14-29-31-24)25-30-28(10-11-28)27(35)33(25)16-18-9-12-32(15-18)26(34)19-5-6-19/h2-4,7-8,13-14,18-19H,5-6,9-12,15-16H2,1H3,(H,29,31)/t18-/m1/s1. The molecule has 178 valence electrons. The number of aromatic amines is 1. The van der Waals surface area contributed by atoms with Crippen LogP contribution in [0.5, 0.6) is 0 Å². The van der Waals surface area contributed by atoms with Gasteiger partial charge in [0, 0.05) is 36.5 Å². The first-order valence-electron chi connectivity index (χ1n) is 12.8. The first-order valence-corrected chi connectivity index (χ1v) is 12.8. The smallest absolute Gasteiger partial charge is 0.256 e. The van der Waals surface area contributed by atoms with Gasteiger partial charge >= 0.3 is 0 Å². The highest BCUT2D eigenvalue weighted by Gasteiger charge is 2.57. The molecule has 0 unspecified atom stereocenters. The van der Waals surface area contributed by atoms with Gasteiger partial charge in [0.15, 0.2) is 0 Å². The predicted molar refractivity (Wildman–Crippen MR) is 134 cm³/mol. The second-order valence-electron chi connectivity index (χ2n) is 10.8. The molecule has 2 aliphatic carbocycles. The average molecular weight is 468 g/mol. The number of rotatable bonds is 5. The summed E-state index contributed by atoms with van der Waals surface area (Å²) >= 11 is 0. The monoisotopic (exact) mass is 467 g/mol. The van der Waals surface area contributed by atoms with Gasteiger partial charge in [-0.3, -0.25) is 24.6 Å². The molecule has 3 aromatic rings. The van der Waals surface area contributed by atoms with Crippen molar-refractivity contribution in [3.05, 3.63) is 53.7 Å². The number of carbonyl (C=O) groups is 2. The van der Waals surface area contributed by atoms with Crippen LogP contribution in [0, 0.1) is 18.8 Å². The van der Waals surface area contributed by atoms with Crippen LogP contribution in [0.2, 0.25) is 0 Å². The molecule has 35 heavy (non-hydrogen) atoms. The van der Waals surface area contributed by atoms with E-state index in [1.165, 1.54) is 0 Å². The van der Waals surface area contributed by atoms with Crippen LogP contribution in [-0.4, -0.2) is 62.8 Å². The predicted octanol–water partition coefficient (Wildman–Crippen LogP) is 3.92. The van der Waals surface area contributed by atoms with Crippen LogP contribution < -0.4 is 0 Å². The lowest BCUT2D eigenvalue weighted by Gasteiger charge is -2.24. The maximum atomic E-state index is 13.4. The molecule has 1 spiro atoms. The molecule has 3 fully saturated rings. The third-order valence-corrected chi connectivity index (χ3v) is 8.17. The van der Waals surface area contributed by atoms with Crippen molar-refractivity contribution >= 4 is 28.6 Å². The van der Waals surface area contributed by atoms with Gasteiger partial charge < -0.3 is 4.90 Å². The normalized spacial score (nSPS) is 22.9. The highest BCUT2D eigenvalue weighted by Crippen LogP contribution is 2.46. The number of hydrogen-bond acceptors (Lipinski definition) is 4. The molecule has 3 heterocycles. The Balaban J connectivity index is 1.17. The van der Waals surface area contributed by atoms with E-state index in [-0.39, 0.29) is 11.8 Å². The third-order valence-electron chi connectivity index (χ3n) is 8.17. The zero-order valence-electron chi connectivity index (χ0n) is 20.0. The molecule has 1 N–H and O–H groups in total. The van der Waals surface area contributed by atoms with Crippen molar-refractivity contribution in [1.29, 1.82) is 0 Å². The maximum absolute atomic E-state index is 13.4. The van der Waals surface area contributed by atoms with Gasteiger partial charge in [0.25, 0.3) is 5.91 Å². The van der Waals surface area contributed by atoms with E-state index in [0.29, 0.717) is 18.4 Å². The minimum absolute atomic E-state index is 0.143. The lowest BCUT2D eigenvalue weighted by molar-refractivity contribution is -0.131. The van der Waals surface area contributed by atoms with Crippen LogP contribution in [0.1, 0.15) is 43.2 Å². The third kappa shape index (κ3) is 3.39. The Labute approximate surface area is 204 Å². The second kappa shape index (κ2) is 7.51. The number of hydrogen-bond donors (Lipinski definition) is 1. The van der Waals surface area contributed by atoms with Crippen molar-refractivity contribution < 1.29 is 9.59 Å². The number of aryl methyl sites for hydroxylation is 1. The van der Waals surface area contributed by atoms with Gasteiger partial charge in [-0.15, -0.1) is 0 Å². The zero-order valence-corrected chi connectivity index (χ0v) is 20.0. The van der Waals surface area contributed by atoms with Gasteiger partial charge in [0.2, 0.25) is 5.91 Å². The van der Waals surface area contributed by atoms with E-state index < -0.39 is 5.54 Å². The van der Waals surface area contributed by atoms with Gasteiger partial charge in [-0.25, -0.2) is 0 Å². The summed E-state index contributed by atoms with van der Waals surface area (Å²) in [4.78, 5) is 34.8. The highest BCUT2D eigenvalue weighted by atomic mass is 16.2. The van der Waals surface area contributed by atoms with Gasteiger partial charge in [-0.2, -0.15) is 5.10 Å². The van der Waals surface area contributed by atoms with E-state index in [4.69, 9.17) is 4.99 Å². The van der Waals surface area contributed by atoms with Crippen molar-refractivity contribution in [2.75, 3.05) is 19.6 Å². The van der Waals surface area contributed by atoms with Crippen molar-refractivity contribution in [3.63, 3.8) is 0 Å². The maximum Gasteiger partial charge on any atom is 0.256 e. The summed E-state index contributed by atoms with van der Waals surface area (Å²) in [7, 11) is 0. The molecule has 1 aromatic heterocycles. The first-order chi connectivity index (χ1) is 17.0. The average Bonchev–Trinajstić information content (AvgIpc) is 3.73. The summed E-state index contributed by atoms with van der Waals surface area (Å²) in [5, 5.41) is 8.35. The van der Waals surface area contributed by atoms with E-state index in [0.717, 1.165) is 84.2 Å². The number of nitrogens with one attached hydrogen (secondary N) is 1. The van der Waals surface area contributed by atoms with Gasteiger partial charge in [0.1, 0.15) is 11.4 Å². The fourth-order valence-corrected chi connectivity index (χ4v) is 5.83. The first kappa shape index (κ1) is 20.9. The lowest BCUT2D eigenvalue weighted by atomic mass is 9.95. The Kier molecular flexibility index (Phi) is 4.47. The van der Waals surface area contributed by atoms with E-state index in [2.05, 4.69) is 41.4 Å². The fourth-order valence-electron chi connectivity index (χ4n) is 5.83. The SMILES string of the molecule is Cc1cc(C2=NC3(CC3)C(=O)N2C[C@@H]2CCN(C(=O)C3CC3)C2)ccc1-c1cccc2[nH]ncc12. The topological polar surface area (TPSA) is 81.7 Å². The van der Waals surface area contributed by atoms with Crippen LogP contribution in [-0.2, 0) is 9.59 Å². The minimum atomic E-state index is -0.535. The van der Waals surface area contributed by atoms with Crippen LogP contribution in [0.25, 0.3) is 22.0 Å². The quantitative estimate of drug-likeness (QED) is 0.618. The number of nitrogens with zero attached hydrogens (tertiary/aromatic N) is 4. The molecule has 1 saturated heterocycles. The molecule has 2 amide bonds. The lowest BCUT2D eigenvalue weighted by Crippen LogP contribution is -2.41. The Hall–Kier alpha value is -3.48. The number of amidine groups is 1. The molecule has 1 atom stereocenters. The van der Waals surface area contributed by atoms with E-state index in [9.17, 15) is 9.59 Å². The van der Waals surface area contributed by atoms with E-state index in [1.54, 1.807) is 0 Å². The number of aromatic nitrogens is 2. The number of likely N-dealkylation sites (tertiary alicyclic amines) is 1. The molecule has 7 heteroatoms. The molecule has 7 nitrogen and oxygen atoms in total. The minimum Gasteiger partial charge on any atom is -0.342 e. The summed E-state index contributed by atoms with van der Waals surface area (Å²) in [6.07, 6.45) is 6.57. The zero-order chi connectivity index (χ0) is 23.7. The van der Waals surface area contributed by atoms with Crippen LogP contribution in [0.15, 0.2) is 47.6 Å². The number of carbonyl (C=O) groups excluding carboxylic acids is 2. The Bertz CT molecular complexity index is 1400. The van der Waals surface area contributed by atoms with Crippen LogP contribution >= 0.6 is 0 Å². The summed E-state index contributed by atoms with van der Waals surface area (Å²) in [6, 6.07) is 12.6. The van der Waals surface area contributed by atoms with E-state index >= 15 is 0 Å². The number of benzene rings is 2. The van der Waals surface area contributed by atoms with Crippen molar-refractivity contribution in [1.82, 2.24) is 20.0 Å². The Morgan fingerprint density at radius 2 is 2.00 bits per heavy atom. The highest BCUT2D eigenvalue weighted by molar-refractivity contribution is 6.16. The number of aliphatic imine (C=N–C) groups is 1. The molecule has 0 bridgehead atoms. The Morgan fingerprint density at radius 1 is 1.14 bits per heavy atom. The summed E-state index contributed by atoms with van der Waals surface area (Å²) in [5.41, 5.74) is 4.92. The number of H-pyrrole nitrogens is 1. The molecule has 0 radical (unpaired) electrons.